The maximum absolute atomic E-state index is 13.1. The summed E-state index contributed by atoms with van der Waals surface area (Å²) in [7, 11) is 0. The molecule has 4 rings (SSSR count). The number of carboxylic acid groups (broad SMARTS) is 4. The monoisotopic (exact) mass is 610 g/mol. The molecule has 0 unspecified atom stereocenters. The van der Waals surface area contributed by atoms with Crippen molar-refractivity contribution in [2.24, 2.45) is 0 Å². The third-order valence-electron chi connectivity index (χ3n) is 6.39. The van der Waals surface area contributed by atoms with Gasteiger partial charge in [-0.1, -0.05) is 36.4 Å². The maximum Gasteiger partial charge on any atom is 0.346 e. The Morgan fingerprint density at radius 3 is 1.04 bits per heavy atom. The number of carboxylic acids is 4. The van der Waals surface area contributed by atoms with Crippen LogP contribution in [0.1, 0.15) is 94.0 Å². The highest BCUT2D eigenvalue weighted by Gasteiger charge is 2.27. The highest BCUT2D eigenvalue weighted by molar-refractivity contribution is 6.16. The molecule has 224 valence electrons. The van der Waals surface area contributed by atoms with Gasteiger partial charge in [-0.15, -0.1) is 0 Å². The average Bonchev–Trinajstić information content (AvgIpc) is 3.03. The molecule has 0 spiro atoms. The van der Waals surface area contributed by atoms with E-state index >= 15 is 0 Å². The molecular weight excluding hydrogens is 592 g/mol. The van der Waals surface area contributed by atoms with E-state index in [0.29, 0.717) is 0 Å². The molecule has 0 amide bonds. The van der Waals surface area contributed by atoms with E-state index in [-0.39, 0.29) is 33.4 Å². The first-order valence-electron chi connectivity index (χ1n) is 12.6. The Balaban J connectivity index is 1.69. The van der Waals surface area contributed by atoms with Gasteiger partial charge in [-0.2, -0.15) is 0 Å². The van der Waals surface area contributed by atoms with Crippen LogP contribution in [0, 0.1) is 0 Å². The van der Waals surface area contributed by atoms with Crippen LogP contribution in [-0.2, 0) is 4.74 Å². The molecule has 0 aliphatic rings. The number of rotatable bonds is 10. The average molecular weight is 610 g/mol. The van der Waals surface area contributed by atoms with Crippen LogP contribution in [0.2, 0.25) is 0 Å². The van der Waals surface area contributed by atoms with E-state index in [1.807, 2.05) is 0 Å². The van der Waals surface area contributed by atoms with Crippen molar-refractivity contribution in [3.8, 4) is 0 Å². The first-order valence-corrected chi connectivity index (χ1v) is 12.6. The Bertz CT molecular complexity index is 1830. The minimum absolute atomic E-state index is 0.102. The fourth-order valence-electron chi connectivity index (χ4n) is 4.20. The zero-order chi connectivity index (χ0) is 33.0. The van der Waals surface area contributed by atoms with Crippen molar-refractivity contribution >= 4 is 47.4 Å². The molecule has 0 heterocycles. The summed E-state index contributed by atoms with van der Waals surface area (Å²) in [6.07, 6.45) is 0. The van der Waals surface area contributed by atoms with Crippen LogP contribution in [0.15, 0.2) is 84.9 Å². The second kappa shape index (κ2) is 12.6. The molecule has 0 aromatic heterocycles. The summed E-state index contributed by atoms with van der Waals surface area (Å²) in [5.74, 6) is -10.6. The van der Waals surface area contributed by atoms with Gasteiger partial charge in [-0.25, -0.2) is 28.8 Å². The van der Waals surface area contributed by atoms with Crippen molar-refractivity contribution in [3.63, 3.8) is 0 Å². The van der Waals surface area contributed by atoms with Gasteiger partial charge in [0, 0.05) is 22.3 Å². The summed E-state index contributed by atoms with van der Waals surface area (Å²) in [5, 5.41) is 37.6. The Labute approximate surface area is 251 Å². The van der Waals surface area contributed by atoms with Gasteiger partial charge in [0.1, 0.15) is 0 Å². The van der Waals surface area contributed by atoms with E-state index in [9.17, 15) is 58.8 Å². The fraction of sp³-hybridized carbons (Fsp3) is 0. The van der Waals surface area contributed by atoms with Gasteiger partial charge in [0.05, 0.1) is 33.4 Å². The standard InChI is InChI=1S/C32H18O13/c33-25(15-3-1-5-19(11-15)27(35)36)17-7-9-21(29(39)40)23(13-17)31(43)45-32(44)24-14-18(8-10-22(24)30(41)42)26(34)16-4-2-6-20(12-16)28(37)38/h1-14H,(H,35,36)(H,37,38)(H,39,40)(H,41,42). The van der Waals surface area contributed by atoms with Crippen LogP contribution in [0.3, 0.4) is 0 Å². The van der Waals surface area contributed by atoms with Crippen molar-refractivity contribution in [2.75, 3.05) is 0 Å². The minimum Gasteiger partial charge on any atom is -0.478 e. The van der Waals surface area contributed by atoms with E-state index in [1.54, 1.807) is 0 Å². The van der Waals surface area contributed by atoms with E-state index in [0.717, 1.165) is 48.5 Å². The Morgan fingerprint density at radius 2 is 0.711 bits per heavy atom. The summed E-state index contributed by atoms with van der Waals surface area (Å²) in [4.78, 5) is 98.4. The lowest BCUT2D eigenvalue weighted by molar-refractivity contribution is 0.0386. The lowest BCUT2D eigenvalue weighted by atomic mass is 9.96. The predicted molar refractivity (Wildman–Crippen MR) is 150 cm³/mol. The zero-order valence-corrected chi connectivity index (χ0v) is 22.5. The van der Waals surface area contributed by atoms with Crippen molar-refractivity contribution in [1.82, 2.24) is 0 Å². The summed E-state index contributed by atoms with van der Waals surface area (Å²) in [5.41, 5.74) is -4.01. The summed E-state index contributed by atoms with van der Waals surface area (Å²) < 4.78 is 4.80. The Kier molecular flexibility index (Phi) is 8.75. The lowest BCUT2D eigenvalue weighted by Gasteiger charge is -2.11. The van der Waals surface area contributed by atoms with Crippen LogP contribution in [0.25, 0.3) is 0 Å². The molecule has 0 aliphatic carbocycles. The van der Waals surface area contributed by atoms with E-state index in [1.165, 1.54) is 36.4 Å². The fourth-order valence-corrected chi connectivity index (χ4v) is 4.20. The summed E-state index contributed by atoms with van der Waals surface area (Å²) in [6, 6.07) is 15.4. The van der Waals surface area contributed by atoms with Gasteiger partial charge in [0.2, 0.25) is 0 Å². The van der Waals surface area contributed by atoms with Gasteiger partial charge in [-0.3, -0.25) is 9.59 Å². The van der Waals surface area contributed by atoms with Crippen LogP contribution in [-0.4, -0.2) is 67.8 Å². The Morgan fingerprint density at radius 1 is 0.378 bits per heavy atom. The first kappa shape index (κ1) is 31.2. The zero-order valence-electron chi connectivity index (χ0n) is 22.5. The maximum atomic E-state index is 13.1. The summed E-state index contributed by atoms with van der Waals surface area (Å²) >= 11 is 0. The van der Waals surface area contributed by atoms with Gasteiger partial charge in [0.25, 0.3) is 0 Å². The van der Waals surface area contributed by atoms with Crippen LogP contribution >= 0.6 is 0 Å². The predicted octanol–water partition coefficient (Wildman–Crippen LogP) is 3.94. The lowest BCUT2D eigenvalue weighted by Crippen LogP contribution is -2.20. The van der Waals surface area contributed by atoms with E-state index in [2.05, 4.69) is 0 Å². The number of ether oxygens (including phenoxy) is 1. The SMILES string of the molecule is O=C(O)c1cccc(C(=O)c2ccc(C(=O)O)c(C(=O)OC(=O)c3cc(C(=O)c4cccc(C(=O)O)c4)ccc3C(=O)O)c2)c1. The number of esters is 2. The largest absolute Gasteiger partial charge is 0.478 e. The highest BCUT2D eigenvalue weighted by atomic mass is 16.6. The highest BCUT2D eigenvalue weighted by Crippen LogP contribution is 2.21. The van der Waals surface area contributed by atoms with Gasteiger partial charge in [0.15, 0.2) is 11.6 Å². The molecular formula is C32H18O13. The number of aromatic carboxylic acids is 4. The second-order valence-electron chi connectivity index (χ2n) is 9.24. The van der Waals surface area contributed by atoms with Crippen LogP contribution in [0.4, 0.5) is 0 Å². The van der Waals surface area contributed by atoms with Crippen molar-refractivity contribution < 1.29 is 63.5 Å². The first-order chi connectivity index (χ1) is 21.3. The number of carbonyl (C=O) groups excluding carboxylic acids is 4. The number of hydrogen-bond acceptors (Lipinski definition) is 9. The van der Waals surface area contributed by atoms with Gasteiger partial charge < -0.3 is 25.2 Å². The molecule has 0 bridgehead atoms. The van der Waals surface area contributed by atoms with Crippen LogP contribution < -0.4 is 0 Å². The molecule has 0 radical (unpaired) electrons. The molecule has 0 saturated carbocycles. The minimum atomic E-state index is -1.64. The number of benzene rings is 4. The third kappa shape index (κ3) is 6.67. The summed E-state index contributed by atoms with van der Waals surface area (Å²) in [6.45, 7) is 0. The smallest absolute Gasteiger partial charge is 0.346 e. The number of carbonyl (C=O) groups is 8. The molecule has 13 nitrogen and oxygen atoms in total. The molecule has 4 aromatic rings. The molecule has 13 heteroatoms. The second-order valence-corrected chi connectivity index (χ2v) is 9.24. The number of hydrogen-bond donors (Lipinski definition) is 4. The van der Waals surface area contributed by atoms with Crippen LogP contribution in [0.5, 0.6) is 0 Å². The Hall–Kier alpha value is -6.76. The molecule has 0 aliphatic heterocycles. The van der Waals surface area contributed by atoms with E-state index in [4.69, 9.17) is 4.74 Å². The third-order valence-corrected chi connectivity index (χ3v) is 6.39. The normalized spacial score (nSPS) is 10.4. The molecule has 4 aromatic carbocycles. The van der Waals surface area contributed by atoms with Gasteiger partial charge in [-0.05, 0) is 48.5 Å². The molecule has 0 saturated heterocycles. The van der Waals surface area contributed by atoms with Crippen molar-refractivity contribution in [2.45, 2.75) is 0 Å². The molecule has 0 fully saturated rings. The van der Waals surface area contributed by atoms with E-state index < -0.39 is 69.6 Å². The van der Waals surface area contributed by atoms with Crippen molar-refractivity contribution in [3.05, 3.63) is 141 Å². The topological polar surface area (TPSA) is 227 Å². The van der Waals surface area contributed by atoms with Gasteiger partial charge >= 0.3 is 35.8 Å². The molecule has 0 atom stereocenters. The number of ketones is 2. The van der Waals surface area contributed by atoms with Crippen molar-refractivity contribution in [1.29, 1.82) is 0 Å². The molecule has 4 N–H and O–H groups in total. The molecule has 45 heavy (non-hydrogen) atoms. The quantitative estimate of drug-likeness (QED) is 0.113.